The number of nitro groups is 2. The van der Waals surface area contributed by atoms with Crippen molar-refractivity contribution in [3.63, 3.8) is 0 Å². The van der Waals surface area contributed by atoms with Crippen molar-refractivity contribution in [1.82, 2.24) is 4.57 Å². The number of fused-ring (bicyclic) bond motifs is 1. The molecular weight excluding hydrogens is 502 g/mol. The summed E-state index contributed by atoms with van der Waals surface area (Å²) in [4.78, 5) is 39.8. The van der Waals surface area contributed by atoms with Crippen LogP contribution in [0.3, 0.4) is 0 Å². The molecule has 0 unspecified atom stereocenters. The Labute approximate surface area is 221 Å². The Balaban J connectivity index is 1.63. The molecule has 0 aliphatic carbocycles. The van der Waals surface area contributed by atoms with E-state index in [0.29, 0.717) is 34.7 Å². The highest BCUT2D eigenvalue weighted by molar-refractivity contribution is 6.03. The number of hydrogen-bond acceptors (Lipinski definition) is 7. The van der Waals surface area contributed by atoms with E-state index in [2.05, 4.69) is 10.3 Å². The van der Waals surface area contributed by atoms with E-state index >= 15 is 0 Å². The van der Waals surface area contributed by atoms with Crippen molar-refractivity contribution in [3.8, 4) is 5.75 Å². The molecule has 1 heterocycles. The van der Waals surface area contributed by atoms with Gasteiger partial charge in [-0.2, -0.15) is 4.57 Å². The number of aromatic nitrogens is 2. The second kappa shape index (κ2) is 10.4. The lowest BCUT2D eigenvalue weighted by Crippen LogP contribution is -2.20. The maximum atomic E-state index is 13.9. The Morgan fingerprint density at radius 3 is 2.13 bits per heavy atom. The van der Waals surface area contributed by atoms with E-state index < -0.39 is 27.1 Å². The number of carbonyl (C=O) groups is 1. The molecule has 11 heteroatoms. The van der Waals surface area contributed by atoms with Crippen LogP contribution >= 0.6 is 0 Å². The van der Waals surface area contributed by atoms with Gasteiger partial charge in [-0.05, 0) is 42.0 Å². The first-order valence-electron chi connectivity index (χ1n) is 11.8. The number of nitro benzene ring substituents is 2. The van der Waals surface area contributed by atoms with Crippen LogP contribution in [0.25, 0.3) is 11.0 Å². The van der Waals surface area contributed by atoms with Crippen LogP contribution in [-0.4, -0.2) is 27.4 Å². The van der Waals surface area contributed by atoms with E-state index in [1.807, 2.05) is 36.4 Å². The van der Waals surface area contributed by atoms with Gasteiger partial charge in [-0.1, -0.05) is 42.5 Å². The zero-order valence-corrected chi connectivity index (χ0v) is 20.7. The van der Waals surface area contributed by atoms with Gasteiger partial charge in [0.05, 0.1) is 28.9 Å². The predicted molar refractivity (Wildman–Crippen MR) is 143 cm³/mol. The van der Waals surface area contributed by atoms with Crippen molar-refractivity contribution >= 4 is 39.7 Å². The lowest BCUT2D eigenvalue weighted by Gasteiger charge is -2.10. The molecule has 0 spiro atoms. The number of rotatable bonds is 8. The van der Waals surface area contributed by atoms with Crippen molar-refractivity contribution in [1.29, 1.82) is 0 Å². The first kappa shape index (κ1) is 25.1. The Morgan fingerprint density at radius 1 is 0.897 bits per heavy atom. The number of methoxy groups -OCH3 is 1. The summed E-state index contributed by atoms with van der Waals surface area (Å²) in [6.07, 6.45) is 0.364. The minimum atomic E-state index is -0.750. The zero-order valence-electron chi connectivity index (χ0n) is 20.7. The zero-order chi connectivity index (χ0) is 27.5. The van der Waals surface area contributed by atoms with Crippen molar-refractivity contribution in [2.45, 2.75) is 6.42 Å². The van der Waals surface area contributed by atoms with Gasteiger partial charge >= 0.3 is 17.3 Å². The van der Waals surface area contributed by atoms with E-state index in [9.17, 15) is 25.0 Å². The molecule has 5 aromatic rings. The molecule has 2 N–H and O–H groups in total. The molecule has 0 fully saturated rings. The normalized spacial score (nSPS) is 10.8. The first-order valence-corrected chi connectivity index (χ1v) is 11.8. The fourth-order valence-corrected chi connectivity index (χ4v) is 4.37. The standard InChI is InChI=1S/C28H21N5O6/c1-39-21-13-11-20(12-14-21)29-27-24(32(35)36)16-19(17-25(27)33(37)38)28(34)31-23-10-6-5-9-22(23)30-26(31)15-18-7-3-2-4-8-18/h2-14,16-17,29H,15H2,1H3/p+1. The number of ether oxygens (including phenoxy) is 1. The van der Waals surface area contributed by atoms with E-state index in [1.54, 1.807) is 42.5 Å². The molecular formula is C28H22N5O6+. The van der Waals surface area contributed by atoms with Crippen LogP contribution in [0.1, 0.15) is 21.7 Å². The van der Waals surface area contributed by atoms with Crippen LogP contribution in [0.2, 0.25) is 0 Å². The molecule has 194 valence electrons. The molecule has 0 bridgehead atoms. The Morgan fingerprint density at radius 2 is 1.51 bits per heavy atom. The quantitative estimate of drug-likeness (QED) is 0.214. The van der Waals surface area contributed by atoms with Crippen LogP contribution in [0.5, 0.6) is 5.75 Å². The van der Waals surface area contributed by atoms with Crippen LogP contribution in [-0.2, 0) is 6.42 Å². The summed E-state index contributed by atoms with van der Waals surface area (Å²) in [6.45, 7) is 0. The van der Waals surface area contributed by atoms with E-state index in [1.165, 1.54) is 11.7 Å². The summed E-state index contributed by atoms with van der Waals surface area (Å²) in [6, 6.07) is 25.1. The topological polar surface area (TPSA) is 144 Å². The molecule has 4 aromatic carbocycles. The third kappa shape index (κ3) is 5.01. The monoisotopic (exact) mass is 524 g/mol. The summed E-state index contributed by atoms with van der Waals surface area (Å²) >= 11 is 0. The van der Waals surface area contributed by atoms with E-state index in [-0.39, 0.29) is 11.3 Å². The van der Waals surface area contributed by atoms with Gasteiger partial charge in [0.2, 0.25) is 0 Å². The highest BCUT2D eigenvalue weighted by Crippen LogP contribution is 2.38. The number of nitrogens with one attached hydrogen (secondary N) is 2. The van der Waals surface area contributed by atoms with Crippen molar-refractivity contribution in [3.05, 3.63) is 128 Å². The van der Waals surface area contributed by atoms with Gasteiger partial charge in [0.25, 0.3) is 5.82 Å². The van der Waals surface area contributed by atoms with E-state index in [0.717, 1.165) is 17.7 Å². The average Bonchev–Trinajstić information content (AvgIpc) is 3.31. The SMILES string of the molecule is COc1ccc(Nc2c([N+](=O)[O-])cc(C(=O)n3c(Cc4ccccc4)[nH+]c4ccccc43)cc2[N+](=O)[O-])cc1. The molecule has 11 nitrogen and oxygen atoms in total. The molecule has 0 aliphatic rings. The summed E-state index contributed by atoms with van der Waals surface area (Å²) in [5.74, 6) is 0.436. The second-order valence-electron chi connectivity index (χ2n) is 8.65. The number of H-pyrrole nitrogens is 1. The molecule has 39 heavy (non-hydrogen) atoms. The molecule has 0 atom stereocenters. The van der Waals surface area contributed by atoms with Crippen LogP contribution in [0.4, 0.5) is 22.7 Å². The van der Waals surface area contributed by atoms with Crippen molar-refractivity contribution < 1.29 is 24.4 Å². The van der Waals surface area contributed by atoms with Crippen LogP contribution < -0.4 is 15.0 Å². The number of nitrogens with zero attached hydrogens (tertiary/aromatic N) is 3. The summed E-state index contributed by atoms with van der Waals surface area (Å²) in [5, 5.41) is 26.9. The largest absolute Gasteiger partial charge is 0.497 e. The number of anilines is 2. The number of aromatic amines is 1. The Kier molecular flexibility index (Phi) is 6.70. The number of benzene rings is 4. The van der Waals surface area contributed by atoms with Crippen molar-refractivity contribution in [2.24, 2.45) is 0 Å². The van der Waals surface area contributed by atoms with Gasteiger partial charge in [0, 0.05) is 17.8 Å². The minimum absolute atomic E-state index is 0.197. The summed E-state index contributed by atoms with van der Waals surface area (Å²) < 4.78 is 6.52. The van der Waals surface area contributed by atoms with Gasteiger partial charge in [-0.3, -0.25) is 20.2 Å². The third-order valence-electron chi connectivity index (χ3n) is 6.21. The third-order valence-corrected chi connectivity index (χ3v) is 6.21. The van der Waals surface area contributed by atoms with E-state index in [4.69, 9.17) is 4.74 Å². The Hall–Kier alpha value is -5.58. The first-order chi connectivity index (χ1) is 18.9. The highest BCUT2D eigenvalue weighted by Gasteiger charge is 2.33. The molecule has 0 saturated carbocycles. The summed E-state index contributed by atoms with van der Waals surface area (Å²) in [7, 11) is 1.49. The van der Waals surface area contributed by atoms with Crippen LogP contribution in [0, 0.1) is 20.2 Å². The number of carbonyl (C=O) groups excluding carboxylic acids is 1. The number of para-hydroxylation sites is 2. The smallest absolute Gasteiger partial charge is 0.346 e. The fourth-order valence-electron chi connectivity index (χ4n) is 4.37. The van der Waals surface area contributed by atoms with Gasteiger partial charge in [-0.15, -0.1) is 0 Å². The lowest BCUT2D eigenvalue weighted by atomic mass is 10.1. The molecule has 0 saturated heterocycles. The number of imidazole rings is 1. The molecule has 1 aromatic heterocycles. The maximum Gasteiger partial charge on any atom is 0.346 e. The number of hydrogen-bond donors (Lipinski definition) is 1. The second-order valence-corrected chi connectivity index (χ2v) is 8.65. The molecule has 5 rings (SSSR count). The van der Waals surface area contributed by atoms with Gasteiger partial charge < -0.3 is 10.1 Å². The van der Waals surface area contributed by atoms with Crippen LogP contribution in [0.15, 0.2) is 91.0 Å². The molecule has 0 amide bonds. The lowest BCUT2D eigenvalue weighted by molar-refractivity contribution is -0.392. The molecule has 0 radical (unpaired) electrons. The predicted octanol–water partition coefficient (Wildman–Crippen LogP) is 5.30. The minimum Gasteiger partial charge on any atom is -0.497 e. The Bertz CT molecular complexity index is 1680. The fraction of sp³-hybridized carbons (Fsp3) is 0.0714. The van der Waals surface area contributed by atoms with Gasteiger partial charge in [-0.25, -0.2) is 9.78 Å². The molecule has 0 aliphatic heterocycles. The van der Waals surface area contributed by atoms with Gasteiger partial charge in [0.15, 0.2) is 16.7 Å². The highest BCUT2D eigenvalue weighted by atomic mass is 16.6. The van der Waals surface area contributed by atoms with Crippen molar-refractivity contribution in [2.75, 3.05) is 12.4 Å². The maximum absolute atomic E-state index is 13.9. The summed E-state index contributed by atoms with van der Waals surface area (Å²) in [5.41, 5.74) is 0.788. The van der Waals surface area contributed by atoms with Gasteiger partial charge in [0.1, 0.15) is 5.75 Å². The average molecular weight is 525 g/mol.